The maximum Gasteiger partial charge on any atom is 0.0357 e. The van der Waals surface area contributed by atoms with Gasteiger partial charge in [-0.05, 0) is 54.8 Å². The summed E-state index contributed by atoms with van der Waals surface area (Å²) in [4.78, 5) is 7.91. The highest BCUT2D eigenvalue weighted by atomic mass is 14.8. The van der Waals surface area contributed by atoms with Crippen molar-refractivity contribution in [2.75, 3.05) is 6.54 Å². The molecule has 1 aliphatic heterocycles. The average Bonchev–Trinajstić information content (AvgIpc) is 2.84. The molecule has 0 saturated carbocycles. The minimum atomic E-state index is 1.03. The van der Waals surface area contributed by atoms with Crippen LogP contribution in [0.25, 0.3) is 0 Å². The molecule has 0 saturated heterocycles. The monoisotopic (exact) mass is 383 g/mol. The van der Waals surface area contributed by atoms with Crippen LogP contribution in [0.2, 0.25) is 0 Å². The molecular formula is C25H41N3. The molecule has 0 radical (unpaired) electrons. The van der Waals surface area contributed by atoms with E-state index in [4.69, 9.17) is 0 Å². The van der Waals surface area contributed by atoms with E-state index < -0.39 is 0 Å². The second kappa shape index (κ2) is 22.6. The molecule has 28 heavy (non-hydrogen) atoms. The maximum atomic E-state index is 3.96. The van der Waals surface area contributed by atoms with Gasteiger partial charge in [-0.3, -0.25) is 9.97 Å². The summed E-state index contributed by atoms with van der Waals surface area (Å²) in [6, 6.07) is 8.07. The molecule has 1 aliphatic rings. The smallest absolute Gasteiger partial charge is 0.0357 e. The molecule has 2 aromatic heterocycles. The van der Waals surface area contributed by atoms with Gasteiger partial charge in [-0.25, -0.2) is 0 Å². The van der Waals surface area contributed by atoms with E-state index >= 15 is 0 Å². The van der Waals surface area contributed by atoms with Crippen LogP contribution >= 0.6 is 0 Å². The summed E-state index contributed by atoms with van der Waals surface area (Å²) >= 11 is 0. The average molecular weight is 384 g/mol. The topological polar surface area (TPSA) is 37.8 Å². The Bertz CT molecular complexity index is 550. The van der Waals surface area contributed by atoms with E-state index in [0.717, 1.165) is 25.8 Å². The van der Waals surface area contributed by atoms with E-state index in [9.17, 15) is 0 Å². The Morgan fingerprint density at radius 1 is 0.786 bits per heavy atom. The lowest BCUT2D eigenvalue weighted by atomic mass is 10.1. The van der Waals surface area contributed by atoms with Gasteiger partial charge in [-0.2, -0.15) is 0 Å². The van der Waals surface area contributed by atoms with Gasteiger partial charge in [0, 0.05) is 31.3 Å². The van der Waals surface area contributed by atoms with Gasteiger partial charge in [0.15, 0.2) is 0 Å². The molecule has 0 bridgehead atoms. The molecule has 3 heteroatoms. The van der Waals surface area contributed by atoms with Crippen LogP contribution in [-0.4, -0.2) is 16.5 Å². The standard InChI is InChI=1S/C7H11N.2C7H9N.2C2H6/c3*1-2-7-4-3-5-8-6-7;2*1-2/h3-5,8H,2,6H2,1H3;2*3-6H,2H2,1H3;2*1-2H3. The van der Waals surface area contributed by atoms with Gasteiger partial charge < -0.3 is 5.32 Å². The molecule has 0 aromatic carbocycles. The van der Waals surface area contributed by atoms with E-state index in [2.05, 4.69) is 54.3 Å². The molecule has 0 unspecified atom stereocenters. The van der Waals surface area contributed by atoms with Crippen molar-refractivity contribution in [1.82, 2.24) is 15.3 Å². The third-order valence-electron chi connectivity index (χ3n) is 3.59. The number of nitrogens with zero attached hydrogens (tertiary/aromatic N) is 2. The molecule has 3 heterocycles. The van der Waals surface area contributed by atoms with Crippen LogP contribution in [0.4, 0.5) is 0 Å². The van der Waals surface area contributed by atoms with Gasteiger partial charge in [0.1, 0.15) is 0 Å². The van der Waals surface area contributed by atoms with Crippen molar-refractivity contribution in [3.05, 3.63) is 84.1 Å². The first-order valence-corrected chi connectivity index (χ1v) is 10.7. The summed E-state index contributed by atoms with van der Waals surface area (Å²) in [5.41, 5.74) is 4.08. The van der Waals surface area contributed by atoms with Crippen LogP contribution < -0.4 is 5.32 Å². The normalized spacial score (nSPS) is 10.6. The van der Waals surface area contributed by atoms with Crippen molar-refractivity contribution < 1.29 is 0 Å². The number of aromatic nitrogens is 2. The quantitative estimate of drug-likeness (QED) is 0.635. The molecule has 3 nitrogen and oxygen atoms in total. The van der Waals surface area contributed by atoms with Crippen molar-refractivity contribution in [2.24, 2.45) is 0 Å². The Kier molecular flexibility index (Phi) is 22.5. The Balaban J connectivity index is 0. The Labute approximate surface area is 174 Å². The van der Waals surface area contributed by atoms with Crippen molar-refractivity contribution in [3.63, 3.8) is 0 Å². The fourth-order valence-electron chi connectivity index (χ4n) is 1.96. The summed E-state index contributed by atoms with van der Waals surface area (Å²) in [7, 11) is 0. The van der Waals surface area contributed by atoms with E-state index in [-0.39, 0.29) is 0 Å². The minimum Gasteiger partial charge on any atom is -0.387 e. The number of rotatable bonds is 3. The Morgan fingerprint density at radius 3 is 1.50 bits per heavy atom. The lowest BCUT2D eigenvalue weighted by Crippen LogP contribution is -2.11. The second-order valence-corrected chi connectivity index (χ2v) is 5.35. The zero-order valence-corrected chi connectivity index (χ0v) is 19.1. The lowest BCUT2D eigenvalue weighted by Gasteiger charge is -2.06. The molecular weight excluding hydrogens is 342 g/mol. The third-order valence-corrected chi connectivity index (χ3v) is 3.59. The van der Waals surface area contributed by atoms with E-state index in [1.807, 2.05) is 64.5 Å². The predicted octanol–water partition coefficient (Wildman–Crippen LogP) is 6.78. The molecule has 0 fully saturated rings. The summed E-state index contributed by atoms with van der Waals surface area (Å²) in [5, 5.41) is 3.14. The van der Waals surface area contributed by atoms with Crippen molar-refractivity contribution >= 4 is 0 Å². The van der Waals surface area contributed by atoms with Crippen molar-refractivity contribution in [2.45, 2.75) is 67.7 Å². The minimum absolute atomic E-state index is 1.03. The van der Waals surface area contributed by atoms with Crippen LogP contribution in [0.15, 0.2) is 73.0 Å². The van der Waals surface area contributed by atoms with Gasteiger partial charge in [-0.15, -0.1) is 0 Å². The third kappa shape index (κ3) is 15.8. The number of hydrogen-bond acceptors (Lipinski definition) is 3. The summed E-state index contributed by atoms with van der Waals surface area (Å²) in [6.45, 7) is 15.5. The number of aryl methyl sites for hydroxylation is 2. The second-order valence-electron chi connectivity index (χ2n) is 5.35. The highest BCUT2D eigenvalue weighted by Crippen LogP contribution is 2.01. The fraction of sp³-hybridized carbons (Fsp3) is 0.440. The van der Waals surface area contributed by atoms with Crippen LogP contribution in [0, 0.1) is 0 Å². The molecule has 0 amide bonds. The van der Waals surface area contributed by atoms with E-state index in [1.54, 1.807) is 12.4 Å². The summed E-state index contributed by atoms with van der Waals surface area (Å²) in [5.74, 6) is 0. The van der Waals surface area contributed by atoms with Crippen molar-refractivity contribution in [3.8, 4) is 0 Å². The molecule has 3 rings (SSSR count). The predicted molar refractivity (Wildman–Crippen MR) is 125 cm³/mol. The SMILES string of the molecule is CC.CC.CCC1=CC=CNC1.CCc1cccnc1.CCc1cccnc1. The van der Waals surface area contributed by atoms with Gasteiger partial charge >= 0.3 is 0 Å². The fourth-order valence-corrected chi connectivity index (χ4v) is 1.96. The molecule has 0 spiro atoms. The highest BCUT2D eigenvalue weighted by molar-refractivity contribution is 5.17. The van der Waals surface area contributed by atoms with Crippen LogP contribution in [-0.2, 0) is 12.8 Å². The molecule has 0 aliphatic carbocycles. The Morgan fingerprint density at radius 2 is 1.29 bits per heavy atom. The first-order valence-electron chi connectivity index (χ1n) is 10.7. The van der Waals surface area contributed by atoms with Crippen molar-refractivity contribution in [1.29, 1.82) is 0 Å². The Hall–Kier alpha value is -2.42. The number of allylic oxidation sites excluding steroid dienone is 2. The summed E-state index contributed by atoms with van der Waals surface area (Å²) < 4.78 is 0. The largest absolute Gasteiger partial charge is 0.387 e. The zero-order valence-electron chi connectivity index (χ0n) is 19.1. The maximum absolute atomic E-state index is 3.96. The van der Waals surface area contributed by atoms with E-state index in [1.165, 1.54) is 16.7 Å². The van der Waals surface area contributed by atoms with Crippen LogP contribution in [0.3, 0.4) is 0 Å². The van der Waals surface area contributed by atoms with Gasteiger partial charge in [0.05, 0.1) is 0 Å². The van der Waals surface area contributed by atoms with E-state index in [0.29, 0.717) is 0 Å². The van der Waals surface area contributed by atoms with Gasteiger partial charge in [0.25, 0.3) is 0 Å². The first-order chi connectivity index (χ1) is 13.8. The molecule has 2 aromatic rings. The summed E-state index contributed by atoms with van der Waals surface area (Å²) in [6.07, 6.45) is 16.9. The molecule has 156 valence electrons. The number of dihydropyridines is 1. The van der Waals surface area contributed by atoms with Gasteiger partial charge in [-0.1, -0.05) is 72.2 Å². The number of nitrogens with one attached hydrogen (secondary N) is 1. The zero-order chi connectivity index (χ0) is 21.5. The number of pyridine rings is 2. The van der Waals surface area contributed by atoms with Crippen LogP contribution in [0.1, 0.15) is 66.0 Å². The highest BCUT2D eigenvalue weighted by Gasteiger charge is 1.92. The molecule has 1 N–H and O–H groups in total. The van der Waals surface area contributed by atoms with Gasteiger partial charge in [0.2, 0.25) is 0 Å². The van der Waals surface area contributed by atoms with Crippen LogP contribution in [0.5, 0.6) is 0 Å². The molecule has 0 atom stereocenters. The lowest BCUT2D eigenvalue weighted by molar-refractivity contribution is 0.873. The first kappa shape index (κ1) is 27.8. The number of hydrogen-bond donors (Lipinski definition) is 1.